The molecule has 3 nitrogen and oxygen atoms in total. The van der Waals surface area contributed by atoms with Gasteiger partial charge in [0, 0.05) is 11.4 Å². The average Bonchev–Trinajstić information content (AvgIpc) is 2.73. The predicted molar refractivity (Wildman–Crippen MR) is 57.2 cm³/mol. The van der Waals surface area contributed by atoms with E-state index in [0.29, 0.717) is 6.54 Å². The molecule has 1 aliphatic carbocycles. The van der Waals surface area contributed by atoms with Crippen molar-refractivity contribution in [2.24, 2.45) is 5.73 Å². The van der Waals surface area contributed by atoms with Crippen LogP contribution in [0.25, 0.3) is 0 Å². The third kappa shape index (κ3) is 2.13. The van der Waals surface area contributed by atoms with Crippen LogP contribution in [0.4, 0.5) is 0 Å². The largest absolute Gasteiger partial charge is 0.354 e. The molecule has 1 aromatic heterocycles. The first-order chi connectivity index (χ1) is 6.71. The van der Waals surface area contributed by atoms with Gasteiger partial charge in [0.1, 0.15) is 0 Å². The summed E-state index contributed by atoms with van der Waals surface area (Å²) in [6.07, 6.45) is 2.56. The Kier molecular flexibility index (Phi) is 2.56. The van der Waals surface area contributed by atoms with Crippen molar-refractivity contribution in [2.75, 3.05) is 6.54 Å². The van der Waals surface area contributed by atoms with E-state index in [1.165, 1.54) is 4.88 Å². The van der Waals surface area contributed by atoms with Crippen LogP contribution < -0.4 is 11.1 Å². The lowest BCUT2D eigenvalue weighted by Gasteiger charge is -2.08. The van der Waals surface area contributed by atoms with E-state index in [9.17, 15) is 4.79 Å². The topological polar surface area (TPSA) is 55.1 Å². The standard InChI is InChI=1S/C10H14N2OS/c11-10(4-5-10)9(13)12-6-3-8-2-1-7-14-8/h1-2,7H,3-6,11H2,(H,12,13). The minimum Gasteiger partial charge on any atom is -0.354 e. The van der Waals surface area contributed by atoms with Crippen LogP contribution >= 0.6 is 11.3 Å². The number of carbonyl (C=O) groups excluding carboxylic acids is 1. The molecule has 0 radical (unpaired) electrons. The van der Waals surface area contributed by atoms with Gasteiger partial charge in [-0.15, -0.1) is 11.3 Å². The van der Waals surface area contributed by atoms with Gasteiger partial charge >= 0.3 is 0 Å². The number of rotatable bonds is 4. The average molecular weight is 210 g/mol. The summed E-state index contributed by atoms with van der Waals surface area (Å²) in [5.74, 6) is 0.00839. The molecule has 4 heteroatoms. The molecule has 0 aliphatic heterocycles. The highest BCUT2D eigenvalue weighted by Gasteiger charge is 2.45. The minimum atomic E-state index is -0.532. The third-order valence-electron chi connectivity index (χ3n) is 2.48. The lowest BCUT2D eigenvalue weighted by atomic mass is 10.2. The van der Waals surface area contributed by atoms with Crippen molar-refractivity contribution in [3.63, 3.8) is 0 Å². The van der Waals surface area contributed by atoms with Crippen molar-refractivity contribution in [1.29, 1.82) is 0 Å². The van der Waals surface area contributed by atoms with Crippen LogP contribution in [0.1, 0.15) is 17.7 Å². The fraction of sp³-hybridized carbons (Fsp3) is 0.500. The molecule has 0 atom stereocenters. The Morgan fingerprint density at radius 3 is 3.00 bits per heavy atom. The Morgan fingerprint density at radius 2 is 2.43 bits per heavy atom. The summed E-state index contributed by atoms with van der Waals surface area (Å²) in [6, 6.07) is 4.10. The van der Waals surface area contributed by atoms with E-state index in [0.717, 1.165) is 19.3 Å². The van der Waals surface area contributed by atoms with Gasteiger partial charge in [0.2, 0.25) is 5.91 Å². The second-order valence-electron chi connectivity index (χ2n) is 3.74. The number of thiophene rings is 1. The van der Waals surface area contributed by atoms with E-state index >= 15 is 0 Å². The summed E-state index contributed by atoms with van der Waals surface area (Å²) >= 11 is 1.72. The molecule has 2 rings (SSSR count). The Bertz CT molecular complexity index is 317. The Morgan fingerprint density at radius 1 is 1.64 bits per heavy atom. The first kappa shape index (κ1) is 9.68. The van der Waals surface area contributed by atoms with Crippen LogP contribution in [0.5, 0.6) is 0 Å². The quantitative estimate of drug-likeness (QED) is 0.775. The molecule has 1 aliphatic rings. The van der Waals surface area contributed by atoms with E-state index < -0.39 is 5.54 Å². The van der Waals surface area contributed by atoms with Crippen molar-refractivity contribution < 1.29 is 4.79 Å². The molecular formula is C10H14N2OS. The van der Waals surface area contributed by atoms with Crippen molar-refractivity contribution in [2.45, 2.75) is 24.8 Å². The van der Waals surface area contributed by atoms with Crippen LogP contribution in [0.15, 0.2) is 17.5 Å². The zero-order chi connectivity index (χ0) is 10.0. The Labute approximate surface area is 87.3 Å². The molecule has 1 amide bonds. The van der Waals surface area contributed by atoms with Crippen molar-refractivity contribution in [3.8, 4) is 0 Å². The monoisotopic (exact) mass is 210 g/mol. The molecule has 1 saturated carbocycles. The number of amides is 1. The number of hydrogen-bond acceptors (Lipinski definition) is 3. The van der Waals surface area contributed by atoms with Gasteiger partial charge in [0.05, 0.1) is 5.54 Å². The molecule has 1 fully saturated rings. The van der Waals surface area contributed by atoms with Crippen LogP contribution in [0, 0.1) is 0 Å². The van der Waals surface area contributed by atoms with E-state index in [4.69, 9.17) is 5.73 Å². The second kappa shape index (κ2) is 3.71. The zero-order valence-corrected chi connectivity index (χ0v) is 8.77. The maximum atomic E-state index is 11.4. The molecule has 76 valence electrons. The molecule has 14 heavy (non-hydrogen) atoms. The highest BCUT2D eigenvalue weighted by atomic mass is 32.1. The van der Waals surface area contributed by atoms with Gasteiger partial charge in [-0.2, -0.15) is 0 Å². The molecular weight excluding hydrogens is 196 g/mol. The molecule has 0 unspecified atom stereocenters. The molecule has 0 aromatic carbocycles. The molecule has 3 N–H and O–H groups in total. The lowest BCUT2D eigenvalue weighted by Crippen LogP contribution is -2.43. The highest BCUT2D eigenvalue weighted by molar-refractivity contribution is 7.09. The summed E-state index contributed by atoms with van der Waals surface area (Å²) in [7, 11) is 0. The predicted octanol–water partition coefficient (Wildman–Crippen LogP) is 0.898. The molecule has 0 spiro atoms. The van der Waals surface area contributed by atoms with Gasteiger partial charge in [-0.25, -0.2) is 0 Å². The first-order valence-corrected chi connectivity index (χ1v) is 5.68. The molecule has 1 aromatic rings. The van der Waals surface area contributed by atoms with Crippen LogP contribution in [0.2, 0.25) is 0 Å². The maximum Gasteiger partial charge on any atom is 0.240 e. The minimum absolute atomic E-state index is 0.00839. The maximum absolute atomic E-state index is 11.4. The van der Waals surface area contributed by atoms with Gasteiger partial charge in [0.15, 0.2) is 0 Å². The fourth-order valence-corrected chi connectivity index (χ4v) is 2.00. The number of nitrogens with one attached hydrogen (secondary N) is 1. The zero-order valence-electron chi connectivity index (χ0n) is 7.95. The highest BCUT2D eigenvalue weighted by Crippen LogP contribution is 2.31. The molecule has 1 heterocycles. The van der Waals surface area contributed by atoms with Crippen molar-refractivity contribution in [3.05, 3.63) is 22.4 Å². The second-order valence-corrected chi connectivity index (χ2v) is 4.77. The summed E-state index contributed by atoms with van der Waals surface area (Å²) < 4.78 is 0. The number of nitrogens with two attached hydrogens (primary N) is 1. The van der Waals surface area contributed by atoms with Crippen molar-refractivity contribution in [1.82, 2.24) is 5.32 Å². The SMILES string of the molecule is NC1(C(=O)NCCc2cccs2)CC1. The normalized spacial score (nSPS) is 17.8. The smallest absolute Gasteiger partial charge is 0.240 e. The summed E-state index contributed by atoms with van der Waals surface area (Å²) in [6.45, 7) is 0.693. The Balaban J connectivity index is 1.71. The van der Waals surface area contributed by atoms with E-state index in [-0.39, 0.29) is 5.91 Å². The van der Waals surface area contributed by atoms with Gasteiger partial charge in [0.25, 0.3) is 0 Å². The summed E-state index contributed by atoms with van der Waals surface area (Å²) in [5, 5.41) is 4.91. The van der Waals surface area contributed by atoms with Crippen molar-refractivity contribution >= 4 is 17.2 Å². The summed E-state index contributed by atoms with van der Waals surface area (Å²) in [5.41, 5.74) is 5.21. The summed E-state index contributed by atoms with van der Waals surface area (Å²) in [4.78, 5) is 12.7. The van der Waals surface area contributed by atoms with E-state index in [2.05, 4.69) is 11.4 Å². The van der Waals surface area contributed by atoms with Gasteiger partial charge in [-0.3, -0.25) is 4.79 Å². The third-order valence-corrected chi connectivity index (χ3v) is 3.41. The van der Waals surface area contributed by atoms with Crippen LogP contribution in [0.3, 0.4) is 0 Å². The van der Waals surface area contributed by atoms with Gasteiger partial charge in [-0.05, 0) is 30.7 Å². The van der Waals surface area contributed by atoms with Gasteiger partial charge < -0.3 is 11.1 Å². The fourth-order valence-electron chi connectivity index (χ4n) is 1.29. The van der Waals surface area contributed by atoms with E-state index in [1.54, 1.807) is 11.3 Å². The van der Waals surface area contributed by atoms with Gasteiger partial charge in [-0.1, -0.05) is 6.07 Å². The molecule has 0 bridgehead atoms. The Hall–Kier alpha value is -0.870. The van der Waals surface area contributed by atoms with Crippen LogP contribution in [-0.2, 0) is 11.2 Å². The molecule has 0 saturated heterocycles. The lowest BCUT2D eigenvalue weighted by molar-refractivity contribution is -0.123. The number of hydrogen-bond donors (Lipinski definition) is 2. The number of carbonyl (C=O) groups is 1. The van der Waals surface area contributed by atoms with Crippen LogP contribution in [-0.4, -0.2) is 18.0 Å². The first-order valence-electron chi connectivity index (χ1n) is 4.80. The van der Waals surface area contributed by atoms with E-state index in [1.807, 2.05) is 11.4 Å².